The molecule has 0 fully saturated rings. The van der Waals surface area contributed by atoms with Crippen molar-refractivity contribution in [3.05, 3.63) is 0 Å². The van der Waals surface area contributed by atoms with Crippen LogP contribution in [0.4, 0.5) is 0 Å². The number of ether oxygens (including phenoxy) is 1. The molecule has 0 aromatic rings. The summed E-state index contributed by atoms with van der Waals surface area (Å²) in [6.45, 7) is 2.99. The second-order valence-electron chi connectivity index (χ2n) is 5.18. The van der Waals surface area contributed by atoms with Gasteiger partial charge in [-0.25, -0.2) is 16.8 Å². The van der Waals surface area contributed by atoms with Crippen LogP contribution in [-0.2, 0) is 29.6 Å². The van der Waals surface area contributed by atoms with Crippen molar-refractivity contribution in [3.8, 4) is 0 Å². The Hall–Kier alpha value is -0.420. The van der Waals surface area contributed by atoms with Gasteiger partial charge in [-0.1, -0.05) is 17.1 Å². The second kappa shape index (κ2) is 11.2. The monoisotopic (exact) mass is 394 g/mol. The molecule has 11 heteroatoms. The lowest BCUT2D eigenvalue weighted by Gasteiger charge is -2.20. The minimum atomic E-state index is -4.05. The Bertz CT molecular complexity index is 548. The van der Waals surface area contributed by atoms with Gasteiger partial charge in [-0.05, 0) is 13.3 Å². The number of likely N-dealkylation sites (N-methyl/N-ethyl adjacent to an activating group) is 1. The summed E-state index contributed by atoms with van der Waals surface area (Å²) >= 11 is 0. The first kappa shape index (κ1) is 24.8. The normalized spacial score (nSPS) is 12.3. The minimum Gasteiger partial charge on any atom is -1.00 e. The lowest BCUT2D eigenvalue weighted by molar-refractivity contribution is -0.858. The number of esters is 1. The maximum Gasteiger partial charge on any atom is 0.322 e. The second-order valence-corrected chi connectivity index (χ2v) is 9.60. The zero-order chi connectivity index (χ0) is 17.4. The lowest BCUT2D eigenvalue weighted by atomic mass is 10.4. The molecule has 8 nitrogen and oxygen atoms in total. The molecule has 0 aliphatic carbocycles. The molecule has 140 valence electrons. The molecule has 0 amide bonds. The SMILES string of the molecule is CCCCS(=O)(=O)N(CC(=O)OCC[NH+](C)C)S(=O)(=O)CC.[Cl-]. The molecule has 0 atom stereocenters. The molecule has 0 rings (SSSR count). The summed E-state index contributed by atoms with van der Waals surface area (Å²) in [5, 5.41) is 0. The highest BCUT2D eigenvalue weighted by Crippen LogP contribution is 2.12. The van der Waals surface area contributed by atoms with Gasteiger partial charge in [0.1, 0.15) is 19.7 Å². The van der Waals surface area contributed by atoms with Gasteiger partial charge in [0.15, 0.2) is 0 Å². The lowest BCUT2D eigenvalue weighted by Crippen LogP contribution is -3.06. The Kier molecular flexibility index (Phi) is 12.1. The highest BCUT2D eigenvalue weighted by Gasteiger charge is 2.34. The third kappa shape index (κ3) is 9.46. The molecule has 0 radical (unpaired) electrons. The van der Waals surface area contributed by atoms with E-state index in [4.69, 9.17) is 4.74 Å². The van der Waals surface area contributed by atoms with Gasteiger partial charge in [0.25, 0.3) is 0 Å². The fourth-order valence-corrected chi connectivity index (χ4v) is 5.14. The number of hydrogen-bond donors (Lipinski definition) is 1. The number of quaternary nitrogens is 1. The van der Waals surface area contributed by atoms with E-state index in [-0.39, 0.29) is 28.5 Å². The number of sulfonamides is 2. The van der Waals surface area contributed by atoms with Crippen LogP contribution in [0.15, 0.2) is 0 Å². The van der Waals surface area contributed by atoms with Crippen LogP contribution in [0.2, 0.25) is 0 Å². The van der Waals surface area contributed by atoms with E-state index in [0.717, 1.165) is 4.90 Å². The molecule has 0 spiro atoms. The molecule has 0 heterocycles. The van der Waals surface area contributed by atoms with Crippen LogP contribution in [0, 0.1) is 0 Å². The van der Waals surface area contributed by atoms with Crippen LogP contribution in [0.3, 0.4) is 0 Å². The number of carbonyl (C=O) groups excluding carboxylic acids is 1. The van der Waals surface area contributed by atoms with Crippen LogP contribution in [0.25, 0.3) is 0 Å². The van der Waals surface area contributed by atoms with Crippen molar-refractivity contribution in [1.82, 2.24) is 3.71 Å². The van der Waals surface area contributed by atoms with Crippen molar-refractivity contribution in [2.45, 2.75) is 26.7 Å². The van der Waals surface area contributed by atoms with Crippen LogP contribution in [0.1, 0.15) is 26.7 Å². The van der Waals surface area contributed by atoms with Crippen LogP contribution < -0.4 is 17.3 Å². The number of rotatable bonds is 11. The first-order valence-electron chi connectivity index (χ1n) is 7.24. The van der Waals surface area contributed by atoms with Crippen LogP contribution in [0.5, 0.6) is 0 Å². The van der Waals surface area contributed by atoms with E-state index in [1.807, 2.05) is 14.1 Å². The van der Waals surface area contributed by atoms with Gasteiger partial charge in [-0.15, -0.1) is 0 Å². The third-order valence-corrected chi connectivity index (χ3v) is 7.26. The highest BCUT2D eigenvalue weighted by molar-refractivity contribution is 8.04. The molecule has 0 aliphatic rings. The summed E-state index contributed by atoms with van der Waals surface area (Å²) in [7, 11) is -4.35. The number of carbonyl (C=O) groups is 1. The highest BCUT2D eigenvalue weighted by atomic mass is 35.5. The number of unbranched alkanes of at least 4 members (excludes halogenated alkanes) is 1. The van der Waals surface area contributed by atoms with E-state index in [0.29, 0.717) is 19.4 Å². The van der Waals surface area contributed by atoms with E-state index >= 15 is 0 Å². The van der Waals surface area contributed by atoms with E-state index < -0.39 is 38.3 Å². The molecule has 0 saturated heterocycles. The molecule has 0 bridgehead atoms. The molecule has 1 N–H and O–H groups in total. The van der Waals surface area contributed by atoms with Crippen molar-refractivity contribution >= 4 is 26.0 Å². The Morgan fingerprint density at radius 3 is 2.09 bits per heavy atom. The van der Waals surface area contributed by atoms with Gasteiger partial charge in [-0.3, -0.25) is 4.79 Å². The van der Waals surface area contributed by atoms with Crippen molar-refractivity contribution in [3.63, 3.8) is 0 Å². The molecular formula is C12H27ClN2O6S2. The quantitative estimate of drug-likeness (QED) is 0.354. The molecule has 0 saturated carbocycles. The zero-order valence-corrected chi connectivity index (χ0v) is 16.4. The zero-order valence-electron chi connectivity index (χ0n) is 14.0. The summed E-state index contributed by atoms with van der Waals surface area (Å²) in [4.78, 5) is 12.8. The molecule has 0 unspecified atom stereocenters. The fourth-order valence-electron chi connectivity index (χ4n) is 1.46. The van der Waals surface area contributed by atoms with Crippen LogP contribution in [-0.4, -0.2) is 71.8 Å². The van der Waals surface area contributed by atoms with Gasteiger partial charge in [0, 0.05) is 0 Å². The Morgan fingerprint density at radius 1 is 1.09 bits per heavy atom. The largest absolute Gasteiger partial charge is 1.00 e. The summed E-state index contributed by atoms with van der Waals surface area (Å²) in [5.41, 5.74) is 0. The number of hydrogen-bond acceptors (Lipinski definition) is 6. The average molecular weight is 395 g/mol. The maximum atomic E-state index is 12.1. The standard InChI is InChI=1S/C12H26N2O6S2.ClH/c1-5-7-10-22(18,19)14(21(16,17)6-2)11-12(15)20-9-8-13(3)4;/h5-11H2,1-4H3;1H. The average Bonchev–Trinajstić information content (AvgIpc) is 2.42. The van der Waals surface area contributed by atoms with Crippen molar-refractivity contribution in [2.75, 3.05) is 45.3 Å². The molecule has 0 aliphatic heterocycles. The van der Waals surface area contributed by atoms with Gasteiger partial charge in [0.05, 0.1) is 25.6 Å². The number of nitrogens with one attached hydrogen (secondary N) is 1. The summed E-state index contributed by atoms with van der Waals surface area (Å²) in [6, 6.07) is 0. The molecule has 0 aromatic heterocycles. The summed E-state index contributed by atoms with van der Waals surface area (Å²) in [5.74, 6) is -1.57. The molecule has 0 aromatic carbocycles. The third-order valence-electron chi connectivity index (χ3n) is 2.86. The van der Waals surface area contributed by atoms with Gasteiger partial charge >= 0.3 is 5.97 Å². The molecule has 23 heavy (non-hydrogen) atoms. The first-order chi connectivity index (χ1) is 10.1. The predicted molar refractivity (Wildman–Crippen MR) is 83.5 cm³/mol. The smallest absolute Gasteiger partial charge is 0.322 e. The molecular weight excluding hydrogens is 368 g/mol. The Balaban J connectivity index is 0. The van der Waals surface area contributed by atoms with Gasteiger partial charge < -0.3 is 22.0 Å². The fraction of sp³-hybridized carbons (Fsp3) is 0.917. The van der Waals surface area contributed by atoms with E-state index in [1.165, 1.54) is 6.92 Å². The van der Waals surface area contributed by atoms with Gasteiger partial charge in [0.2, 0.25) is 20.0 Å². The van der Waals surface area contributed by atoms with E-state index in [1.54, 1.807) is 6.92 Å². The van der Waals surface area contributed by atoms with E-state index in [9.17, 15) is 21.6 Å². The van der Waals surface area contributed by atoms with Crippen molar-refractivity contribution in [1.29, 1.82) is 0 Å². The Labute approximate surface area is 145 Å². The minimum absolute atomic E-state index is 0. The first-order valence-corrected chi connectivity index (χ1v) is 10.5. The van der Waals surface area contributed by atoms with Crippen molar-refractivity contribution < 1.29 is 43.7 Å². The van der Waals surface area contributed by atoms with E-state index in [2.05, 4.69) is 0 Å². The maximum absolute atomic E-state index is 12.1. The topological polar surface area (TPSA) is 102 Å². The van der Waals surface area contributed by atoms with Gasteiger partial charge in [-0.2, -0.15) is 0 Å². The summed E-state index contributed by atoms with van der Waals surface area (Å²) < 4.78 is 53.4. The van der Waals surface area contributed by atoms with Crippen LogP contribution >= 0.6 is 0 Å². The number of halogens is 1. The number of nitrogens with zero attached hydrogens (tertiary/aromatic N) is 1. The Morgan fingerprint density at radius 2 is 1.65 bits per heavy atom. The summed E-state index contributed by atoms with van der Waals surface area (Å²) in [6.07, 6.45) is 0.937. The van der Waals surface area contributed by atoms with Crippen molar-refractivity contribution in [2.24, 2.45) is 0 Å². The predicted octanol–water partition coefficient (Wildman–Crippen LogP) is -4.54.